The molecule has 0 bridgehead atoms. The summed E-state index contributed by atoms with van der Waals surface area (Å²) in [5.74, 6) is 0.870. The first kappa shape index (κ1) is 9.96. The molecule has 0 radical (unpaired) electrons. The first-order valence-corrected chi connectivity index (χ1v) is 5.01. The van der Waals surface area contributed by atoms with Crippen LogP contribution in [0.15, 0.2) is 18.3 Å². The van der Waals surface area contributed by atoms with Crippen LogP contribution in [0.3, 0.4) is 0 Å². The fourth-order valence-electron chi connectivity index (χ4n) is 1.67. The molecular weight excluding hydrogens is 190 g/mol. The number of hydrogen-bond acceptors (Lipinski definition) is 3. The number of nitrogens with one attached hydrogen (secondary N) is 1. The van der Waals surface area contributed by atoms with E-state index < -0.39 is 0 Å². The molecule has 4 nitrogen and oxygen atoms in total. The molecule has 0 aromatic carbocycles. The minimum atomic E-state index is -0.0964. The predicted octanol–water partition coefficient (Wildman–Crippen LogP) is 1.64. The van der Waals surface area contributed by atoms with E-state index in [-0.39, 0.29) is 11.4 Å². The van der Waals surface area contributed by atoms with Gasteiger partial charge in [-0.3, -0.25) is 4.79 Å². The number of aromatic nitrogens is 1. The molecule has 0 saturated heterocycles. The second-order valence-corrected chi connectivity index (χ2v) is 4.68. The zero-order chi connectivity index (χ0) is 11.1. The predicted molar refractivity (Wildman–Crippen MR) is 60.0 cm³/mol. The number of hydrogen-bond donors (Lipinski definition) is 1. The molecule has 1 amide bonds. The molecule has 1 aromatic rings. The fourth-order valence-corrected chi connectivity index (χ4v) is 1.67. The summed E-state index contributed by atoms with van der Waals surface area (Å²) >= 11 is 0. The Hall–Kier alpha value is -1.58. The Morgan fingerprint density at radius 2 is 2.20 bits per heavy atom. The van der Waals surface area contributed by atoms with E-state index in [2.05, 4.69) is 31.1 Å². The molecule has 1 aliphatic heterocycles. The maximum absolute atomic E-state index is 11.5. The average Bonchev–Trinajstić information content (AvgIpc) is 2.15. The van der Waals surface area contributed by atoms with E-state index >= 15 is 0 Å². The van der Waals surface area contributed by atoms with E-state index in [9.17, 15) is 4.79 Å². The van der Waals surface area contributed by atoms with Gasteiger partial charge < -0.3 is 10.2 Å². The van der Waals surface area contributed by atoms with Crippen LogP contribution in [0, 0.1) is 0 Å². The normalized spacial score (nSPS) is 15.9. The molecular formula is C11H15N3O. The van der Waals surface area contributed by atoms with E-state index in [1.807, 2.05) is 17.0 Å². The fraction of sp³-hybridized carbons (Fsp3) is 0.455. The second kappa shape index (κ2) is 3.22. The molecule has 80 valence electrons. The molecule has 0 unspecified atom stereocenters. The van der Waals surface area contributed by atoms with Crippen molar-refractivity contribution in [1.29, 1.82) is 0 Å². The highest BCUT2D eigenvalue weighted by Gasteiger charge is 2.30. The number of nitrogens with zero attached hydrogens (tertiary/aromatic N) is 2. The van der Waals surface area contributed by atoms with Crippen molar-refractivity contribution in [3.8, 4) is 0 Å². The van der Waals surface area contributed by atoms with Gasteiger partial charge in [-0.2, -0.15) is 0 Å². The van der Waals surface area contributed by atoms with Gasteiger partial charge in [0.15, 0.2) is 5.82 Å². The monoisotopic (exact) mass is 205 g/mol. The summed E-state index contributed by atoms with van der Waals surface area (Å²) in [4.78, 5) is 17.8. The summed E-state index contributed by atoms with van der Waals surface area (Å²) in [6.45, 7) is 6.59. The zero-order valence-corrected chi connectivity index (χ0v) is 9.24. The topological polar surface area (TPSA) is 45.2 Å². The first-order valence-electron chi connectivity index (χ1n) is 5.01. The van der Waals surface area contributed by atoms with E-state index in [4.69, 9.17) is 0 Å². The summed E-state index contributed by atoms with van der Waals surface area (Å²) in [5, 5.41) is 2.82. The van der Waals surface area contributed by atoms with Crippen molar-refractivity contribution in [3.63, 3.8) is 0 Å². The third-order valence-electron chi connectivity index (χ3n) is 2.43. The van der Waals surface area contributed by atoms with Crippen molar-refractivity contribution in [3.05, 3.63) is 18.3 Å². The van der Waals surface area contributed by atoms with Gasteiger partial charge in [0.1, 0.15) is 0 Å². The van der Waals surface area contributed by atoms with Gasteiger partial charge in [0.05, 0.1) is 12.2 Å². The Bertz CT molecular complexity index is 395. The Morgan fingerprint density at radius 3 is 2.87 bits per heavy atom. The highest BCUT2D eigenvalue weighted by atomic mass is 16.2. The Kier molecular flexibility index (Phi) is 2.14. The molecule has 0 aliphatic carbocycles. The Balaban J connectivity index is 2.47. The lowest BCUT2D eigenvalue weighted by Crippen LogP contribution is -2.49. The van der Waals surface area contributed by atoms with Crippen LogP contribution >= 0.6 is 0 Å². The molecule has 1 N–H and O–H groups in total. The lowest BCUT2D eigenvalue weighted by atomic mass is 10.0. The summed E-state index contributed by atoms with van der Waals surface area (Å²) in [6, 6.07) is 3.70. The third-order valence-corrected chi connectivity index (χ3v) is 2.43. The van der Waals surface area contributed by atoms with Gasteiger partial charge >= 0.3 is 0 Å². The van der Waals surface area contributed by atoms with E-state index in [1.165, 1.54) is 0 Å². The maximum Gasteiger partial charge on any atom is 0.244 e. The molecule has 0 saturated carbocycles. The van der Waals surface area contributed by atoms with Crippen molar-refractivity contribution >= 4 is 17.4 Å². The van der Waals surface area contributed by atoms with Crippen LogP contribution in [0.5, 0.6) is 0 Å². The van der Waals surface area contributed by atoms with Crippen LogP contribution < -0.4 is 10.2 Å². The SMILES string of the molecule is CC(C)(C)N1CC(=O)Nc2cccnc21. The summed E-state index contributed by atoms with van der Waals surface area (Å²) in [5.41, 5.74) is 0.699. The molecule has 2 rings (SSSR count). The third kappa shape index (κ3) is 1.79. The molecule has 15 heavy (non-hydrogen) atoms. The Labute approximate surface area is 89.3 Å². The molecule has 4 heteroatoms. The van der Waals surface area contributed by atoms with Gasteiger partial charge in [-0.05, 0) is 32.9 Å². The van der Waals surface area contributed by atoms with Crippen molar-refractivity contribution in [2.24, 2.45) is 0 Å². The standard InChI is InChI=1S/C11H15N3O/c1-11(2,3)14-7-9(15)13-8-5-4-6-12-10(8)14/h4-6H,7H2,1-3H3,(H,13,15). The maximum atomic E-state index is 11.5. The van der Waals surface area contributed by atoms with Crippen LogP contribution in [0.25, 0.3) is 0 Å². The summed E-state index contributed by atoms with van der Waals surface area (Å²) in [7, 11) is 0. The highest BCUT2D eigenvalue weighted by Crippen LogP contribution is 2.31. The van der Waals surface area contributed by atoms with Crippen LogP contribution in [0.1, 0.15) is 20.8 Å². The number of pyridine rings is 1. The van der Waals surface area contributed by atoms with Crippen LogP contribution in [-0.4, -0.2) is 23.0 Å². The molecule has 1 aromatic heterocycles. The lowest BCUT2D eigenvalue weighted by molar-refractivity contribution is -0.115. The largest absolute Gasteiger partial charge is 0.341 e. The minimum Gasteiger partial charge on any atom is -0.341 e. The molecule has 2 heterocycles. The lowest BCUT2D eigenvalue weighted by Gasteiger charge is -2.39. The summed E-state index contributed by atoms with van der Waals surface area (Å²) in [6.07, 6.45) is 1.75. The van der Waals surface area contributed by atoms with Gasteiger partial charge in [-0.1, -0.05) is 0 Å². The second-order valence-electron chi connectivity index (χ2n) is 4.68. The minimum absolute atomic E-state index is 0.0189. The number of amides is 1. The smallest absolute Gasteiger partial charge is 0.244 e. The van der Waals surface area contributed by atoms with Crippen LogP contribution in [-0.2, 0) is 4.79 Å². The van der Waals surface area contributed by atoms with Gasteiger partial charge in [-0.15, -0.1) is 0 Å². The first-order chi connectivity index (χ1) is 6.98. The van der Waals surface area contributed by atoms with Gasteiger partial charge in [0.2, 0.25) is 5.91 Å². The highest BCUT2D eigenvalue weighted by molar-refractivity contribution is 6.00. The number of anilines is 2. The van der Waals surface area contributed by atoms with Crippen molar-refractivity contribution in [2.75, 3.05) is 16.8 Å². The van der Waals surface area contributed by atoms with Gasteiger partial charge in [-0.25, -0.2) is 4.98 Å². The summed E-state index contributed by atoms with van der Waals surface area (Å²) < 4.78 is 0. The quantitative estimate of drug-likeness (QED) is 0.700. The van der Waals surface area contributed by atoms with Gasteiger partial charge in [0, 0.05) is 11.7 Å². The van der Waals surface area contributed by atoms with Gasteiger partial charge in [0.25, 0.3) is 0 Å². The molecule has 1 aliphatic rings. The number of carbonyl (C=O) groups excluding carboxylic acids is 1. The van der Waals surface area contributed by atoms with Crippen molar-refractivity contribution in [2.45, 2.75) is 26.3 Å². The van der Waals surface area contributed by atoms with Crippen molar-refractivity contribution < 1.29 is 4.79 Å². The average molecular weight is 205 g/mol. The van der Waals surface area contributed by atoms with E-state index in [0.29, 0.717) is 6.54 Å². The number of rotatable bonds is 0. The molecule has 0 atom stereocenters. The van der Waals surface area contributed by atoms with Crippen LogP contribution in [0.2, 0.25) is 0 Å². The molecule has 0 fully saturated rings. The molecule has 0 spiro atoms. The Morgan fingerprint density at radius 1 is 1.47 bits per heavy atom. The zero-order valence-electron chi connectivity index (χ0n) is 9.24. The van der Waals surface area contributed by atoms with Crippen LogP contribution in [0.4, 0.5) is 11.5 Å². The number of fused-ring (bicyclic) bond motifs is 1. The van der Waals surface area contributed by atoms with E-state index in [1.54, 1.807) is 6.20 Å². The van der Waals surface area contributed by atoms with E-state index in [0.717, 1.165) is 11.5 Å². The number of carbonyl (C=O) groups is 1. The van der Waals surface area contributed by atoms with Crippen molar-refractivity contribution in [1.82, 2.24) is 4.98 Å².